The first kappa shape index (κ1) is 74.0. The number of aliphatic hydroxyl groups excluding tert-OH is 2. The van der Waals surface area contributed by atoms with Gasteiger partial charge in [-0.1, -0.05) is 176 Å². The van der Waals surface area contributed by atoms with E-state index in [1.807, 2.05) is 0 Å². The Hall–Kier alpha value is -1.96. The smallest absolute Gasteiger partial charge is 0.550 e. The Kier molecular flexibility index (Phi) is 48.7. The van der Waals surface area contributed by atoms with Crippen LogP contribution in [-0.4, -0.2) is 93.3 Å². The predicted molar refractivity (Wildman–Crippen MR) is 309 cm³/mol. The van der Waals surface area contributed by atoms with Crippen LogP contribution in [0.4, 0.5) is 0 Å². The number of hydrogen-bond donors (Lipinski definition) is 5. The van der Waals surface area contributed by atoms with E-state index in [0.717, 1.165) is 166 Å². The van der Waals surface area contributed by atoms with Gasteiger partial charge < -0.3 is 46.0 Å². The number of aliphatic hydroxyl groups is 2. The van der Waals surface area contributed by atoms with Crippen molar-refractivity contribution < 1.29 is 44.4 Å². The van der Waals surface area contributed by atoms with Gasteiger partial charge in [-0.3, -0.25) is 14.4 Å². The molecule has 0 aromatic rings. The standard InChI is InChI=1S/C27H47N3O3.2C18H36O3.Mg/c1-18-4-10-22(11-5-18)28-25(31)16-21(27(33)30-24-14-8-20(3)9-15-24)17-26(32)29-23-12-6-19(2)7-13-23;2*1-2-3-4-11-14-17(19)15-12-9-7-5-6-8-10-13-16-18(20)21;/h18-24H,4-17H2,1-3H3,(H,28,31)(H,29,32)(H,30,33);2*17,19H,2-16H2,1H3,(H,20,21);/q;;;+2/p-2. The molecular weight excluding hydrogens is 967 g/mol. The maximum Gasteiger partial charge on any atom is 2.00 e. The quantitative estimate of drug-likeness (QED) is 0.0292. The molecule has 5 N–H and O–H groups in total. The van der Waals surface area contributed by atoms with Crippen LogP contribution in [-0.2, 0) is 24.0 Å². The molecule has 0 saturated heterocycles. The molecule has 0 aromatic carbocycles. The van der Waals surface area contributed by atoms with Crippen LogP contribution < -0.4 is 26.2 Å². The van der Waals surface area contributed by atoms with Gasteiger partial charge in [-0.25, -0.2) is 0 Å². The molecule has 3 rings (SSSR count). The Labute approximate surface area is 481 Å². The third-order valence-corrected chi connectivity index (χ3v) is 16.5. The largest absolute Gasteiger partial charge is 2.00 e. The summed E-state index contributed by atoms with van der Waals surface area (Å²) < 4.78 is 0. The topological polar surface area (TPSA) is 208 Å². The Morgan fingerprint density at radius 2 is 0.645 bits per heavy atom. The summed E-state index contributed by atoms with van der Waals surface area (Å²) in [6.07, 6.45) is 44.8. The van der Waals surface area contributed by atoms with Gasteiger partial charge in [0, 0.05) is 42.9 Å². The number of nitrogens with one attached hydrogen (secondary N) is 3. The zero-order valence-electron chi connectivity index (χ0n) is 49.8. The van der Waals surface area contributed by atoms with Crippen molar-refractivity contribution in [2.45, 2.75) is 347 Å². The molecule has 0 radical (unpaired) electrons. The van der Waals surface area contributed by atoms with Gasteiger partial charge >= 0.3 is 23.1 Å². The Balaban J connectivity index is 0.00000116. The normalized spacial score (nSPS) is 21.5. The summed E-state index contributed by atoms with van der Waals surface area (Å²) in [4.78, 5) is 59.3. The first-order valence-corrected chi connectivity index (χ1v) is 31.8. The van der Waals surface area contributed by atoms with Gasteiger partial charge in [-0.15, -0.1) is 0 Å². The van der Waals surface area contributed by atoms with Gasteiger partial charge in [0.2, 0.25) is 17.7 Å². The molecule has 12 nitrogen and oxygen atoms in total. The summed E-state index contributed by atoms with van der Waals surface area (Å²) in [5.74, 6) is -0.613. The van der Waals surface area contributed by atoms with Crippen molar-refractivity contribution in [3.05, 3.63) is 0 Å². The number of carbonyl (C=O) groups is 5. The Morgan fingerprint density at radius 3 is 0.921 bits per heavy atom. The monoisotopic (exact) mass is 1080 g/mol. The first-order valence-electron chi connectivity index (χ1n) is 31.8. The van der Waals surface area contributed by atoms with E-state index in [1.165, 1.54) is 103 Å². The predicted octanol–water partition coefficient (Wildman–Crippen LogP) is 12.0. The molecule has 3 aliphatic carbocycles. The molecule has 3 aliphatic rings. The maximum absolute atomic E-state index is 13.2. The van der Waals surface area contributed by atoms with E-state index in [1.54, 1.807) is 0 Å². The number of rotatable bonds is 40. The van der Waals surface area contributed by atoms with E-state index in [2.05, 4.69) is 50.6 Å². The van der Waals surface area contributed by atoms with Gasteiger partial charge in [0.15, 0.2) is 0 Å². The second-order valence-corrected chi connectivity index (χ2v) is 24.1. The summed E-state index contributed by atoms with van der Waals surface area (Å²) in [6.45, 7) is 11.2. The molecule has 2 unspecified atom stereocenters. The molecule has 76 heavy (non-hydrogen) atoms. The van der Waals surface area contributed by atoms with E-state index in [0.29, 0.717) is 5.92 Å². The minimum absolute atomic E-state index is 0. The zero-order chi connectivity index (χ0) is 55.3. The summed E-state index contributed by atoms with van der Waals surface area (Å²) >= 11 is 0. The van der Waals surface area contributed by atoms with Gasteiger partial charge in [-0.2, -0.15) is 0 Å². The van der Waals surface area contributed by atoms with Crippen molar-refractivity contribution in [3.63, 3.8) is 0 Å². The van der Waals surface area contributed by atoms with E-state index in [9.17, 15) is 44.4 Å². The summed E-state index contributed by atoms with van der Waals surface area (Å²) in [5.41, 5.74) is 0. The molecule has 3 saturated carbocycles. The maximum atomic E-state index is 13.2. The van der Waals surface area contributed by atoms with E-state index >= 15 is 0 Å². The number of hydrogen-bond acceptors (Lipinski definition) is 9. The molecule has 3 amide bonds. The van der Waals surface area contributed by atoms with Crippen molar-refractivity contribution >= 4 is 52.7 Å². The van der Waals surface area contributed by atoms with Gasteiger partial charge in [-0.05, 0) is 146 Å². The molecule has 0 aliphatic heterocycles. The number of unbranched alkanes of at least 4 members (excludes halogenated alkanes) is 20. The molecule has 0 spiro atoms. The second kappa shape index (κ2) is 50.0. The van der Waals surface area contributed by atoms with Crippen molar-refractivity contribution in [2.24, 2.45) is 23.7 Å². The number of carboxylic acids is 2. The number of carboxylic acid groups (broad SMARTS) is 2. The summed E-state index contributed by atoms with van der Waals surface area (Å²) in [5, 5.41) is 49.6. The van der Waals surface area contributed by atoms with E-state index < -0.39 is 17.9 Å². The van der Waals surface area contributed by atoms with Crippen LogP contribution in [0.3, 0.4) is 0 Å². The van der Waals surface area contributed by atoms with Crippen molar-refractivity contribution in [3.8, 4) is 0 Å². The van der Waals surface area contributed by atoms with Crippen molar-refractivity contribution in [1.29, 1.82) is 0 Å². The number of amides is 3. The summed E-state index contributed by atoms with van der Waals surface area (Å²) in [6, 6.07) is 0.576. The van der Waals surface area contributed by atoms with E-state index in [-0.39, 0.29) is 96.8 Å². The minimum atomic E-state index is -0.928. The molecule has 0 bridgehead atoms. The summed E-state index contributed by atoms with van der Waals surface area (Å²) in [7, 11) is 0. The third kappa shape index (κ3) is 44.8. The Bertz CT molecular complexity index is 1330. The van der Waals surface area contributed by atoms with Gasteiger partial charge in [0.25, 0.3) is 0 Å². The fraction of sp³-hybridized carbons (Fsp3) is 0.921. The van der Waals surface area contributed by atoms with Crippen LogP contribution >= 0.6 is 0 Å². The fourth-order valence-electron chi connectivity index (χ4n) is 11.1. The van der Waals surface area contributed by atoms with E-state index in [4.69, 9.17) is 0 Å². The van der Waals surface area contributed by atoms with Gasteiger partial charge in [0.1, 0.15) is 0 Å². The molecule has 0 heterocycles. The van der Waals surface area contributed by atoms with Crippen LogP contribution in [0.25, 0.3) is 0 Å². The number of carbonyl (C=O) groups excluding carboxylic acids is 5. The molecule has 3 fully saturated rings. The van der Waals surface area contributed by atoms with Crippen LogP contribution in [0.1, 0.15) is 317 Å². The average Bonchev–Trinajstić information content (AvgIpc) is 3.37. The number of aliphatic carboxylic acids is 2. The molecule has 13 heteroatoms. The van der Waals surface area contributed by atoms with Crippen LogP contribution in [0.2, 0.25) is 0 Å². The molecule has 440 valence electrons. The second-order valence-electron chi connectivity index (χ2n) is 24.1. The van der Waals surface area contributed by atoms with Crippen LogP contribution in [0.5, 0.6) is 0 Å². The molecule has 0 aromatic heterocycles. The molecular formula is C63H117MgN3O9. The van der Waals surface area contributed by atoms with Crippen molar-refractivity contribution in [1.82, 2.24) is 16.0 Å². The van der Waals surface area contributed by atoms with Crippen LogP contribution in [0, 0.1) is 23.7 Å². The van der Waals surface area contributed by atoms with Crippen molar-refractivity contribution in [2.75, 3.05) is 0 Å². The fourth-order valence-corrected chi connectivity index (χ4v) is 11.1. The van der Waals surface area contributed by atoms with Crippen LogP contribution in [0.15, 0.2) is 0 Å². The zero-order valence-corrected chi connectivity index (χ0v) is 51.2. The minimum Gasteiger partial charge on any atom is -0.550 e. The Morgan fingerprint density at radius 1 is 0.395 bits per heavy atom. The van der Waals surface area contributed by atoms with Gasteiger partial charge in [0.05, 0.1) is 18.1 Å². The SMILES string of the molecule is CC1CCC(NC(=O)CC(CC(=O)NC2CCC(C)CC2)C(=O)NC2CCC(C)CC2)CC1.CCCCCCC(O)CCCCCCCCCCC(=O)[O-].CCCCCCC(O)CCCCCCCCCCC(=O)[O-].[Mg+2]. The molecule has 2 atom stereocenters. The third-order valence-electron chi connectivity index (χ3n) is 16.5. The average molecular weight is 1080 g/mol. The first-order chi connectivity index (χ1) is 36.1.